The standard InChI is InChI=1S/C18H18O4/c1-22-17(21)12-14-8-5-9-15(19)18(14)16(20)11-10-13-6-3-2-4-7-13/h2-7,9-11,14,18H,8,12H2,1H3/t14-,18?/m1/s1. The van der Waals surface area contributed by atoms with Gasteiger partial charge in [0.1, 0.15) is 0 Å². The van der Waals surface area contributed by atoms with Crippen LogP contribution < -0.4 is 0 Å². The fourth-order valence-electron chi connectivity index (χ4n) is 2.55. The second-order valence-corrected chi connectivity index (χ2v) is 5.20. The molecule has 1 aliphatic rings. The van der Waals surface area contributed by atoms with E-state index in [1.165, 1.54) is 19.3 Å². The molecule has 0 heterocycles. The topological polar surface area (TPSA) is 60.4 Å². The van der Waals surface area contributed by atoms with Gasteiger partial charge in [0, 0.05) is 6.42 Å². The number of esters is 1. The van der Waals surface area contributed by atoms with Crippen LogP contribution in [0.4, 0.5) is 0 Å². The molecule has 0 saturated carbocycles. The van der Waals surface area contributed by atoms with Gasteiger partial charge in [-0.25, -0.2) is 0 Å². The first-order chi connectivity index (χ1) is 10.6. The number of hydrogen-bond donors (Lipinski definition) is 0. The van der Waals surface area contributed by atoms with Crippen molar-refractivity contribution in [2.75, 3.05) is 7.11 Å². The molecule has 1 aliphatic carbocycles. The van der Waals surface area contributed by atoms with Gasteiger partial charge < -0.3 is 4.74 Å². The molecule has 0 radical (unpaired) electrons. The zero-order valence-corrected chi connectivity index (χ0v) is 12.4. The van der Waals surface area contributed by atoms with Crippen molar-refractivity contribution in [1.82, 2.24) is 0 Å². The van der Waals surface area contributed by atoms with Gasteiger partial charge in [0.25, 0.3) is 0 Å². The van der Waals surface area contributed by atoms with E-state index in [2.05, 4.69) is 4.74 Å². The molecule has 0 fully saturated rings. The van der Waals surface area contributed by atoms with Gasteiger partial charge in [0.15, 0.2) is 11.6 Å². The van der Waals surface area contributed by atoms with Crippen LogP contribution in [-0.4, -0.2) is 24.6 Å². The number of ketones is 2. The number of hydrogen-bond acceptors (Lipinski definition) is 4. The van der Waals surface area contributed by atoms with Gasteiger partial charge in [-0.1, -0.05) is 42.5 Å². The molecule has 4 nitrogen and oxygen atoms in total. The van der Waals surface area contributed by atoms with E-state index in [4.69, 9.17) is 0 Å². The Kier molecular flexibility index (Phi) is 5.42. The van der Waals surface area contributed by atoms with Gasteiger partial charge in [-0.2, -0.15) is 0 Å². The van der Waals surface area contributed by atoms with Gasteiger partial charge in [0.05, 0.1) is 13.0 Å². The van der Waals surface area contributed by atoms with Gasteiger partial charge in [0.2, 0.25) is 0 Å². The summed E-state index contributed by atoms with van der Waals surface area (Å²) in [7, 11) is 1.30. The Hall–Kier alpha value is -2.49. The summed E-state index contributed by atoms with van der Waals surface area (Å²) >= 11 is 0. The number of benzene rings is 1. The number of carbonyl (C=O) groups is 3. The van der Waals surface area contributed by atoms with Gasteiger partial charge in [-0.15, -0.1) is 0 Å². The summed E-state index contributed by atoms with van der Waals surface area (Å²) < 4.78 is 4.64. The highest BCUT2D eigenvalue weighted by molar-refractivity contribution is 6.13. The maximum absolute atomic E-state index is 12.4. The quantitative estimate of drug-likeness (QED) is 0.476. The molecular weight excluding hydrogens is 280 g/mol. The molecule has 0 amide bonds. The van der Waals surface area contributed by atoms with Crippen molar-refractivity contribution in [2.24, 2.45) is 11.8 Å². The molecule has 1 aromatic rings. The van der Waals surface area contributed by atoms with Crippen LogP contribution in [0.25, 0.3) is 6.08 Å². The summed E-state index contributed by atoms with van der Waals surface area (Å²) in [6.45, 7) is 0. The fraction of sp³-hybridized carbons (Fsp3) is 0.278. The first-order valence-electron chi connectivity index (χ1n) is 7.16. The second-order valence-electron chi connectivity index (χ2n) is 5.20. The lowest BCUT2D eigenvalue weighted by Gasteiger charge is -2.24. The average molecular weight is 298 g/mol. The average Bonchev–Trinajstić information content (AvgIpc) is 2.53. The summed E-state index contributed by atoms with van der Waals surface area (Å²) in [6.07, 6.45) is 6.83. The van der Waals surface area contributed by atoms with Gasteiger partial charge in [-0.05, 0) is 30.1 Å². The highest BCUT2D eigenvalue weighted by atomic mass is 16.5. The fourth-order valence-corrected chi connectivity index (χ4v) is 2.55. The summed E-state index contributed by atoms with van der Waals surface area (Å²) in [5.41, 5.74) is 0.888. The third-order valence-electron chi connectivity index (χ3n) is 3.70. The Labute approximate surface area is 129 Å². The normalized spacial score (nSPS) is 21.0. The minimum Gasteiger partial charge on any atom is -0.469 e. The molecule has 0 spiro atoms. The lowest BCUT2D eigenvalue weighted by molar-refractivity contribution is -0.142. The van der Waals surface area contributed by atoms with Crippen molar-refractivity contribution in [3.05, 3.63) is 54.1 Å². The maximum Gasteiger partial charge on any atom is 0.305 e. The van der Waals surface area contributed by atoms with Gasteiger partial charge in [-0.3, -0.25) is 14.4 Å². The number of methoxy groups -OCH3 is 1. The molecule has 0 aliphatic heterocycles. The van der Waals surface area contributed by atoms with Crippen molar-refractivity contribution in [3.63, 3.8) is 0 Å². The Morgan fingerprint density at radius 3 is 2.68 bits per heavy atom. The highest BCUT2D eigenvalue weighted by Crippen LogP contribution is 2.28. The van der Waals surface area contributed by atoms with Crippen LogP contribution in [-0.2, 0) is 19.1 Å². The zero-order chi connectivity index (χ0) is 15.9. The minimum atomic E-state index is -0.802. The zero-order valence-electron chi connectivity index (χ0n) is 12.4. The predicted octanol–water partition coefficient (Wildman–Crippen LogP) is 2.59. The van der Waals surface area contributed by atoms with Crippen LogP contribution in [0.2, 0.25) is 0 Å². The van der Waals surface area contributed by atoms with E-state index in [-0.39, 0.29) is 23.9 Å². The predicted molar refractivity (Wildman–Crippen MR) is 82.9 cm³/mol. The molecule has 0 saturated heterocycles. The Morgan fingerprint density at radius 1 is 1.27 bits per heavy atom. The van der Waals surface area contributed by atoms with Crippen LogP contribution in [0.5, 0.6) is 0 Å². The Bertz CT molecular complexity index is 613. The molecule has 22 heavy (non-hydrogen) atoms. The van der Waals surface area contributed by atoms with Crippen molar-refractivity contribution in [1.29, 1.82) is 0 Å². The van der Waals surface area contributed by atoms with E-state index in [1.807, 2.05) is 30.3 Å². The van der Waals surface area contributed by atoms with Crippen molar-refractivity contribution in [3.8, 4) is 0 Å². The number of ether oxygens (including phenoxy) is 1. The van der Waals surface area contributed by atoms with E-state index in [0.29, 0.717) is 6.42 Å². The van der Waals surface area contributed by atoms with Crippen LogP contribution in [0.1, 0.15) is 18.4 Å². The molecule has 4 heteroatoms. The van der Waals surface area contributed by atoms with Crippen LogP contribution in [0.3, 0.4) is 0 Å². The first-order valence-corrected chi connectivity index (χ1v) is 7.16. The lowest BCUT2D eigenvalue weighted by atomic mass is 9.77. The van der Waals surface area contributed by atoms with Crippen LogP contribution in [0.15, 0.2) is 48.6 Å². The number of allylic oxidation sites excluding steroid dienone is 3. The van der Waals surface area contributed by atoms with E-state index in [1.54, 1.807) is 12.2 Å². The monoisotopic (exact) mass is 298 g/mol. The molecule has 1 aromatic carbocycles. The largest absolute Gasteiger partial charge is 0.469 e. The molecule has 114 valence electrons. The lowest BCUT2D eigenvalue weighted by Crippen LogP contribution is -2.33. The molecule has 2 atom stereocenters. The van der Waals surface area contributed by atoms with E-state index in [0.717, 1.165) is 5.56 Å². The van der Waals surface area contributed by atoms with Crippen molar-refractivity contribution < 1.29 is 19.1 Å². The summed E-state index contributed by atoms with van der Waals surface area (Å²) in [6, 6.07) is 9.38. The summed E-state index contributed by atoms with van der Waals surface area (Å²) in [5.74, 6) is -2.06. The summed E-state index contributed by atoms with van der Waals surface area (Å²) in [5, 5.41) is 0. The molecule has 0 N–H and O–H groups in total. The first kappa shape index (κ1) is 15.9. The van der Waals surface area contributed by atoms with Gasteiger partial charge >= 0.3 is 5.97 Å². The number of carbonyl (C=O) groups excluding carboxylic acids is 3. The Balaban J connectivity index is 2.13. The van der Waals surface area contributed by atoms with Crippen LogP contribution >= 0.6 is 0 Å². The SMILES string of the molecule is COC(=O)C[C@H]1CC=CC(=O)C1C(=O)C=Cc1ccccc1. The Morgan fingerprint density at radius 2 is 2.00 bits per heavy atom. The minimum absolute atomic E-state index is 0.0716. The van der Waals surface area contributed by atoms with E-state index < -0.39 is 11.9 Å². The smallest absolute Gasteiger partial charge is 0.305 e. The number of rotatable bonds is 5. The molecule has 0 aromatic heterocycles. The summed E-state index contributed by atoms with van der Waals surface area (Å²) in [4.78, 5) is 35.8. The van der Waals surface area contributed by atoms with Crippen molar-refractivity contribution >= 4 is 23.6 Å². The second kappa shape index (κ2) is 7.50. The third kappa shape index (κ3) is 4.01. The molecule has 0 bridgehead atoms. The van der Waals surface area contributed by atoms with E-state index in [9.17, 15) is 14.4 Å². The third-order valence-corrected chi connectivity index (χ3v) is 3.70. The molecule has 1 unspecified atom stereocenters. The van der Waals surface area contributed by atoms with Crippen molar-refractivity contribution in [2.45, 2.75) is 12.8 Å². The molecular formula is C18H18O4. The highest BCUT2D eigenvalue weighted by Gasteiger charge is 2.35. The van der Waals surface area contributed by atoms with Crippen LogP contribution in [0, 0.1) is 11.8 Å². The maximum atomic E-state index is 12.4. The van der Waals surface area contributed by atoms with E-state index >= 15 is 0 Å². The molecule has 2 rings (SSSR count).